The highest BCUT2D eigenvalue weighted by Crippen LogP contribution is 2.27. The summed E-state index contributed by atoms with van der Waals surface area (Å²) in [6, 6.07) is 17.9. The van der Waals surface area contributed by atoms with Crippen molar-refractivity contribution in [3.05, 3.63) is 66.0 Å². The van der Waals surface area contributed by atoms with E-state index in [1.165, 1.54) is 5.01 Å². The lowest BCUT2D eigenvalue weighted by atomic mass is 10.1. The molecule has 2 aromatic carbocycles. The van der Waals surface area contributed by atoms with Crippen LogP contribution in [0.5, 0.6) is 0 Å². The van der Waals surface area contributed by atoms with E-state index in [1.807, 2.05) is 60.0 Å². The van der Waals surface area contributed by atoms with E-state index in [0.717, 1.165) is 21.7 Å². The van der Waals surface area contributed by atoms with Gasteiger partial charge in [-0.05, 0) is 41.8 Å². The number of anilines is 2. The lowest BCUT2D eigenvalue weighted by molar-refractivity contribution is -0.119. The second kappa shape index (κ2) is 7.69. The summed E-state index contributed by atoms with van der Waals surface area (Å²) in [6.07, 6.45) is 0.144. The molecule has 8 nitrogen and oxygen atoms in total. The van der Waals surface area contributed by atoms with Crippen LogP contribution in [-0.2, 0) is 9.59 Å². The van der Waals surface area contributed by atoms with E-state index >= 15 is 0 Å². The Morgan fingerprint density at radius 2 is 1.97 bits per heavy atom. The van der Waals surface area contributed by atoms with Crippen molar-refractivity contribution in [3.8, 4) is 10.7 Å². The SMILES string of the molecule is NC(=O)C1CC(C(=O)Nc2ccc3nc(-c4cccs4)[nH]c3c2)=NN1c1ccccc1. The van der Waals surface area contributed by atoms with Gasteiger partial charge in [0.25, 0.3) is 5.91 Å². The third-order valence-electron chi connectivity index (χ3n) is 5.02. The van der Waals surface area contributed by atoms with Crippen LogP contribution in [0.4, 0.5) is 11.4 Å². The summed E-state index contributed by atoms with van der Waals surface area (Å²) in [5, 5.41) is 10.7. The summed E-state index contributed by atoms with van der Waals surface area (Å²) in [7, 11) is 0. The van der Waals surface area contributed by atoms with Gasteiger partial charge >= 0.3 is 0 Å². The first-order chi connectivity index (χ1) is 15.1. The molecule has 9 heteroatoms. The molecule has 1 unspecified atom stereocenters. The first-order valence-electron chi connectivity index (χ1n) is 9.64. The van der Waals surface area contributed by atoms with E-state index in [9.17, 15) is 9.59 Å². The lowest BCUT2D eigenvalue weighted by Gasteiger charge is -2.20. The molecule has 3 heterocycles. The van der Waals surface area contributed by atoms with Gasteiger partial charge in [0.1, 0.15) is 17.6 Å². The molecule has 2 aromatic heterocycles. The molecule has 4 aromatic rings. The van der Waals surface area contributed by atoms with E-state index in [0.29, 0.717) is 11.4 Å². The molecule has 0 fully saturated rings. The summed E-state index contributed by atoms with van der Waals surface area (Å²) in [6.45, 7) is 0. The fourth-order valence-corrected chi connectivity index (χ4v) is 4.18. The number of primary amides is 1. The number of H-pyrrole nitrogens is 1. The Morgan fingerprint density at radius 1 is 1.13 bits per heavy atom. The van der Waals surface area contributed by atoms with Gasteiger partial charge in [0.2, 0.25) is 5.91 Å². The Hall–Kier alpha value is -3.98. The van der Waals surface area contributed by atoms with Crippen LogP contribution in [0.3, 0.4) is 0 Å². The number of thiophene rings is 1. The third kappa shape index (κ3) is 3.66. The monoisotopic (exact) mass is 430 g/mol. The van der Waals surface area contributed by atoms with Crippen LogP contribution >= 0.6 is 11.3 Å². The van der Waals surface area contributed by atoms with Crippen molar-refractivity contribution in [1.82, 2.24) is 9.97 Å². The standard InChI is InChI=1S/C22H18N6O2S/c23-20(29)18-12-17(27-28(18)14-5-2-1-3-6-14)22(30)24-13-8-9-15-16(11-13)26-21(25-15)19-7-4-10-31-19/h1-11,18H,12H2,(H2,23,29)(H,24,30)(H,25,26). The van der Waals surface area contributed by atoms with Crippen molar-refractivity contribution in [1.29, 1.82) is 0 Å². The number of rotatable bonds is 5. The van der Waals surface area contributed by atoms with Crippen molar-refractivity contribution in [3.63, 3.8) is 0 Å². The number of nitrogens with two attached hydrogens (primary N) is 1. The van der Waals surface area contributed by atoms with E-state index < -0.39 is 11.9 Å². The van der Waals surface area contributed by atoms with Gasteiger partial charge in [-0.2, -0.15) is 5.10 Å². The molecule has 0 saturated heterocycles. The van der Waals surface area contributed by atoms with Crippen LogP contribution in [0.1, 0.15) is 6.42 Å². The van der Waals surface area contributed by atoms with E-state index in [1.54, 1.807) is 17.4 Å². The van der Waals surface area contributed by atoms with Crippen LogP contribution in [0.2, 0.25) is 0 Å². The summed E-state index contributed by atoms with van der Waals surface area (Å²) in [5.74, 6) is -0.117. The Kier molecular flexibility index (Phi) is 4.72. The molecular formula is C22H18N6O2S. The van der Waals surface area contributed by atoms with E-state index in [2.05, 4.69) is 20.4 Å². The van der Waals surface area contributed by atoms with Crippen molar-refractivity contribution < 1.29 is 9.59 Å². The minimum Gasteiger partial charge on any atom is -0.368 e. The number of aromatic nitrogens is 2. The van der Waals surface area contributed by atoms with Crippen molar-refractivity contribution in [2.24, 2.45) is 10.8 Å². The molecule has 31 heavy (non-hydrogen) atoms. The van der Waals surface area contributed by atoms with Gasteiger partial charge in [0, 0.05) is 12.1 Å². The Labute approximate surface area is 181 Å². The highest BCUT2D eigenvalue weighted by Gasteiger charge is 2.35. The first kappa shape index (κ1) is 19.0. The zero-order chi connectivity index (χ0) is 21.4. The zero-order valence-corrected chi connectivity index (χ0v) is 17.1. The first-order valence-corrected chi connectivity index (χ1v) is 10.5. The summed E-state index contributed by atoms with van der Waals surface area (Å²) in [5.41, 5.74) is 8.73. The number of nitrogens with one attached hydrogen (secondary N) is 2. The lowest BCUT2D eigenvalue weighted by Crippen LogP contribution is -2.39. The average molecular weight is 430 g/mol. The van der Waals surface area contributed by atoms with Crippen LogP contribution in [-0.4, -0.2) is 33.5 Å². The highest BCUT2D eigenvalue weighted by atomic mass is 32.1. The smallest absolute Gasteiger partial charge is 0.271 e. The highest BCUT2D eigenvalue weighted by molar-refractivity contribution is 7.13. The molecule has 1 aliphatic rings. The molecule has 0 saturated carbocycles. The summed E-state index contributed by atoms with van der Waals surface area (Å²) in [4.78, 5) is 33.7. The van der Waals surface area contributed by atoms with Crippen LogP contribution in [0.15, 0.2) is 71.1 Å². The number of benzene rings is 2. The van der Waals surface area contributed by atoms with Gasteiger partial charge in [0.15, 0.2) is 0 Å². The third-order valence-corrected chi connectivity index (χ3v) is 5.89. The Morgan fingerprint density at radius 3 is 2.71 bits per heavy atom. The Bertz CT molecular complexity index is 1300. The fraction of sp³-hybridized carbons (Fsp3) is 0.0909. The largest absolute Gasteiger partial charge is 0.368 e. The predicted octanol–water partition coefficient (Wildman–Crippen LogP) is 3.35. The van der Waals surface area contributed by atoms with Crippen molar-refractivity contribution >= 4 is 51.3 Å². The van der Waals surface area contributed by atoms with Crippen LogP contribution in [0, 0.1) is 0 Å². The molecule has 2 amide bonds. The average Bonchev–Trinajstić information content (AvgIpc) is 3.52. The van der Waals surface area contributed by atoms with E-state index in [4.69, 9.17) is 5.73 Å². The molecule has 0 bridgehead atoms. The molecule has 5 rings (SSSR count). The number of aromatic amines is 1. The molecule has 1 aliphatic heterocycles. The quantitative estimate of drug-likeness (QED) is 0.450. The number of nitrogens with zero attached hydrogens (tertiary/aromatic N) is 3. The molecular weight excluding hydrogens is 412 g/mol. The molecule has 154 valence electrons. The van der Waals surface area contributed by atoms with Crippen molar-refractivity contribution in [2.45, 2.75) is 12.5 Å². The minimum atomic E-state index is -0.702. The van der Waals surface area contributed by atoms with Gasteiger partial charge < -0.3 is 16.0 Å². The van der Waals surface area contributed by atoms with Gasteiger partial charge in [0.05, 0.1) is 21.6 Å². The van der Waals surface area contributed by atoms with Gasteiger partial charge in [-0.3, -0.25) is 14.6 Å². The predicted molar refractivity (Wildman–Crippen MR) is 122 cm³/mol. The second-order valence-electron chi connectivity index (χ2n) is 7.10. The fourth-order valence-electron chi connectivity index (χ4n) is 3.51. The molecule has 1 atom stereocenters. The molecule has 0 aliphatic carbocycles. The molecule has 0 radical (unpaired) electrons. The maximum atomic E-state index is 12.8. The van der Waals surface area contributed by atoms with Crippen LogP contribution < -0.4 is 16.1 Å². The number of amides is 2. The van der Waals surface area contributed by atoms with Gasteiger partial charge in [-0.25, -0.2) is 4.98 Å². The molecule has 0 spiro atoms. The number of imidazole rings is 1. The zero-order valence-electron chi connectivity index (χ0n) is 16.3. The van der Waals surface area contributed by atoms with Gasteiger partial charge in [-0.1, -0.05) is 24.3 Å². The topological polar surface area (TPSA) is 116 Å². The number of para-hydroxylation sites is 1. The summed E-state index contributed by atoms with van der Waals surface area (Å²) >= 11 is 1.60. The summed E-state index contributed by atoms with van der Waals surface area (Å²) < 4.78 is 0. The second-order valence-corrected chi connectivity index (χ2v) is 8.05. The number of hydrogen-bond acceptors (Lipinski definition) is 6. The normalized spacial score (nSPS) is 15.8. The molecule has 4 N–H and O–H groups in total. The number of fused-ring (bicyclic) bond motifs is 1. The minimum absolute atomic E-state index is 0.144. The van der Waals surface area contributed by atoms with Crippen molar-refractivity contribution in [2.75, 3.05) is 10.3 Å². The maximum absolute atomic E-state index is 12.8. The van der Waals surface area contributed by atoms with E-state index in [-0.39, 0.29) is 18.0 Å². The maximum Gasteiger partial charge on any atom is 0.271 e. The number of carbonyl (C=O) groups excluding carboxylic acids is 2. The van der Waals surface area contributed by atoms with Gasteiger partial charge in [-0.15, -0.1) is 11.3 Å². The number of hydrogen-bond donors (Lipinski definition) is 3. The number of hydrazone groups is 1. The number of carbonyl (C=O) groups is 2. The van der Waals surface area contributed by atoms with Crippen LogP contribution in [0.25, 0.3) is 21.7 Å². The Balaban J connectivity index is 1.38.